The third-order valence-electron chi connectivity index (χ3n) is 5.86. The van der Waals surface area contributed by atoms with Gasteiger partial charge in [0.05, 0.1) is 29.4 Å². The Morgan fingerprint density at radius 2 is 1.82 bits per heavy atom. The summed E-state index contributed by atoms with van der Waals surface area (Å²) in [5.41, 5.74) is 1.85. The number of nitrogens with zero attached hydrogens (tertiary/aromatic N) is 5. The molecular formula is C25H19FN6O2. The van der Waals surface area contributed by atoms with Crippen LogP contribution in [-0.2, 0) is 6.54 Å². The summed E-state index contributed by atoms with van der Waals surface area (Å²) < 4.78 is 14.8. The molecule has 1 N–H and O–H groups in total. The predicted octanol–water partition coefficient (Wildman–Crippen LogP) is 2.79. The fourth-order valence-corrected chi connectivity index (χ4v) is 4.12. The molecular weight excluding hydrogens is 435 g/mol. The molecule has 1 fully saturated rings. The van der Waals surface area contributed by atoms with Crippen molar-refractivity contribution < 1.29 is 9.18 Å². The summed E-state index contributed by atoms with van der Waals surface area (Å²) >= 11 is 0. The van der Waals surface area contributed by atoms with Gasteiger partial charge in [-0.25, -0.2) is 14.4 Å². The summed E-state index contributed by atoms with van der Waals surface area (Å²) in [5, 5.41) is 13.9. The number of likely N-dealkylation sites (tertiary alicyclic amines) is 1. The van der Waals surface area contributed by atoms with Crippen LogP contribution in [0.15, 0.2) is 72.0 Å². The fraction of sp³-hybridized carbons (Fsp3) is 0.160. The van der Waals surface area contributed by atoms with E-state index in [0.717, 1.165) is 10.9 Å². The first-order chi connectivity index (χ1) is 16.5. The van der Waals surface area contributed by atoms with Gasteiger partial charge in [-0.05, 0) is 23.8 Å². The molecule has 1 amide bonds. The Balaban J connectivity index is 1.45. The number of anilines is 1. The monoisotopic (exact) mass is 454 g/mol. The van der Waals surface area contributed by atoms with Gasteiger partial charge >= 0.3 is 0 Å². The molecule has 3 heterocycles. The number of amides is 1. The summed E-state index contributed by atoms with van der Waals surface area (Å²) in [7, 11) is 0. The van der Waals surface area contributed by atoms with Crippen molar-refractivity contribution in [2.75, 3.05) is 18.4 Å². The topological polar surface area (TPSA) is 104 Å². The molecule has 34 heavy (non-hydrogen) atoms. The van der Waals surface area contributed by atoms with Crippen molar-refractivity contribution in [2.24, 2.45) is 0 Å². The molecule has 0 saturated carbocycles. The van der Waals surface area contributed by atoms with Gasteiger partial charge in [0.25, 0.3) is 11.5 Å². The Morgan fingerprint density at radius 1 is 1.12 bits per heavy atom. The number of fused-ring (bicyclic) bond motifs is 1. The number of nitrogens with one attached hydrogen (secondary N) is 1. The zero-order chi connectivity index (χ0) is 23.7. The lowest BCUT2D eigenvalue weighted by atomic mass is 10.0. The minimum Gasteiger partial charge on any atom is -0.377 e. The van der Waals surface area contributed by atoms with Crippen molar-refractivity contribution in [3.05, 3.63) is 100 Å². The maximum atomic E-state index is 13.3. The summed E-state index contributed by atoms with van der Waals surface area (Å²) in [6.45, 7) is 1.05. The molecule has 1 saturated heterocycles. The van der Waals surface area contributed by atoms with E-state index in [-0.39, 0.29) is 29.9 Å². The molecule has 5 rings (SSSR count). The molecule has 168 valence electrons. The van der Waals surface area contributed by atoms with Crippen LogP contribution < -0.4 is 10.9 Å². The van der Waals surface area contributed by atoms with Crippen LogP contribution in [0.1, 0.15) is 21.5 Å². The number of hydrogen-bond acceptors (Lipinski definition) is 6. The Hall–Kier alpha value is -4.58. The average molecular weight is 454 g/mol. The van der Waals surface area contributed by atoms with E-state index in [4.69, 9.17) is 0 Å². The van der Waals surface area contributed by atoms with Gasteiger partial charge in [0.2, 0.25) is 0 Å². The molecule has 1 aliphatic rings. The largest absolute Gasteiger partial charge is 0.377 e. The Labute approximate surface area is 193 Å². The van der Waals surface area contributed by atoms with Crippen LogP contribution in [0.25, 0.3) is 10.9 Å². The third-order valence-corrected chi connectivity index (χ3v) is 5.86. The number of hydrogen-bond donors (Lipinski definition) is 1. The van der Waals surface area contributed by atoms with E-state index in [1.807, 2.05) is 24.3 Å². The van der Waals surface area contributed by atoms with Gasteiger partial charge in [-0.2, -0.15) is 5.26 Å². The lowest BCUT2D eigenvalue weighted by Gasteiger charge is -2.40. The third kappa shape index (κ3) is 3.86. The molecule has 4 aromatic rings. The molecule has 2 aromatic heterocycles. The second kappa shape index (κ2) is 8.75. The van der Waals surface area contributed by atoms with Gasteiger partial charge in [-0.15, -0.1) is 0 Å². The minimum atomic E-state index is -0.429. The SMILES string of the molecule is N#Cc1c(NC2CN(C(=O)c3cncnc3)C2)c2ccccc2n(Cc2ccc(F)cc2)c1=O. The first-order valence-electron chi connectivity index (χ1n) is 10.7. The lowest BCUT2D eigenvalue weighted by molar-refractivity contribution is 0.0624. The number of para-hydroxylation sites is 1. The number of halogens is 1. The van der Waals surface area contributed by atoms with Crippen LogP contribution in [0.5, 0.6) is 0 Å². The van der Waals surface area contributed by atoms with Crippen molar-refractivity contribution in [3.8, 4) is 6.07 Å². The van der Waals surface area contributed by atoms with Crippen molar-refractivity contribution >= 4 is 22.5 Å². The lowest BCUT2D eigenvalue weighted by Crippen LogP contribution is -2.57. The molecule has 0 bridgehead atoms. The zero-order valence-corrected chi connectivity index (χ0v) is 18.0. The van der Waals surface area contributed by atoms with Gasteiger partial charge in [0.15, 0.2) is 0 Å². The number of nitriles is 1. The highest BCUT2D eigenvalue weighted by atomic mass is 19.1. The Morgan fingerprint density at radius 3 is 2.53 bits per heavy atom. The molecule has 2 aromatic carbocycles. The summed E-state index contributed by atoms with van der Waals surface area (Å²) in [6.07, 6.45) is 4.31. The Bertz CT molecular complexity index is 1470. The van der Waals surface area contributed by atoms with Crippen molar-refractivity contribution in [1.82, 2.24) is 19.4 Å². The van der Waals surface area contributed by atoms with E-state index in [1.54, 1.807) is 17.0 Å². The molecule has 1 aliphatic heterocycles. The molecule has 0 spiro atoms. The molecule has 9 heteroatoms. The maximum absolute atomic E-state index is 13.3. The van der Waals surface area contributed by atoms with Crippen LogP contribution in [0.4, 0.5) is 10.1 Å². The highest BCUT2D eigenvalue weighted by Gasteiger charge is 2.32. The molecule has 8 nitrogen and oxygen atoms in total. The zero-order valence-electron chi connectivity index (χ0n) is 18.0. The molecule has 0 unspecified atom stereocenters. The summed E-state index contributed by atoms with van der Waals surface area (Å²) in [6, 6.07) is 15.2. The summed E-state index contributed by atoms with van der Waals surface area (Å²) in [4.78, 5) is 35.2. The standard InChI is InChI=1S/C25H19FN6O2/c26-18-7-5-16(6-8-18)12-32-22-4-2-1-3-20(22)23(21(9-27)25(32)34)30-19-13-31(14-19)24(33)17-10-28-15-29-11-17/h1-8,10-11,15,19,30H,12-14H2. The molecule has 0 radical (unpaired) electrons. The first kappa shape index (κ1) is 21.3. The van der Waals surface area contributed by atoms with Crippen LogP contribution in [0, 0.1) is 17.1 Å². The van der Waals surface area contributed by atoms with Gasteiger partial charge in [-0.1, -0.05) is 30.3 Å². The van der Waals surface area contributed by atoms with Crippen molar-refractivity contribution in [1.29, 1.82) is 5.26 Å². The number of carbonyl (C=O) groups excluding carboxylic acids is 1. The number of pyridine rings is 1. The number of rotatable bonds is 5. The molecule has 0 atom stereocenters. The molecule has 0 aliphatic carbocycles. The fourth-order valence-electron chi connectivity index (χ4n) is 4.12. The predicted molar refractivity (Wildman–Crippen MR) is 124 cm³/mol. The normalized spacial score (nSPS) is 13.4. The van der Waals surface area contributed by atoms with E-state index >= 15 is 0 Å². The smallest absolute Gasteiger partial charge is 0.271 e. The average Bonchev–Trinajstić information content (AvgIpc) is 2.84. The van der Waals surface area contributed by atoms with E-state index in [0.29, 0.717) is 29.9 Å². The highest BCUT2D eigenvalue weighted by molar-refractivity contribution is 5.96. The van der Waals surface area contributed by atoms with Gasteiger partial charge in [0, 0.05) is 30.9 Å². The number of benzene rings is 2. The second-order valence-electron chi connectivity index (χ2n) is 8.08. The van der Waals surface area contributed by atoms with Gasteiger partial charge < -0.3 is 14.8 Å². The quantitative estimate of drug-likeness (QED) is 0.497. The minimum absolute atomic E-state index is 0.00190. The van der Waals surface area contributed by atoms with Crippen LogP contribution >= 0.6 is 0 Å². The Kier molecular flexibility index (Phi) is 5.47. The maximum Gasteiger partial charge on any atom is 0.271 e. The number of aromatic nitrogens is 3. The van der Waals surface area contributed by atoms with E-state index in [2.05, 4.69) is 21.4 Å². The number of carbonyl (C=O) groups is 1. The summed E-state index contributed by atoms with van der Waals surface area (Å²) in [5.74, 6) is -0.523. The van der Waals surface area contributed by atoms with E-state index in [9.17, 15) is 19.2 Å². The van der Waals surface area contributed by atoms with E-state index in [1.165, 1.54) is 35.4 Å². The first-order valence-corrected chi connectivity index (χ1v) is 10.7. The van der Waals surface area contributed by atoms with Crippen LogP contribution in [0.2, 0.25) is 0 Å². The highest BCUT2D eigenvalue weighted by Crippen LogP contribution is 2.28. The van der Waals surface area contributed by atoms with Crippen LogP contribution in [0.3, 0.4) is 0 Å². The van der Waals surface area contributed by atoms with Crippen molar-refractivity contribution in [2.45, 2.75) is 12.6 Å². The van der Waals surface area contributed by atoms with Crippen molar-refractivity contribution in [3.63, 3.8) is 0 Å². The second-order valence-corrected chi connectivity index (χ2v) is 8.08. The van der Waals surface area contributed by atoms with Gasteiger partial charge in [0.1, 0.15) is 23.8 Å². The van der Waals surface area contributed by atoms with E-state index < -0.39 is 5.56 Å². The van der Waals surface area contributed by atoms with Gasteiger partial charge in [-0.3, -0.25) is 9.59 Å². The van der Waals surface area contributed by atoms with Crippen LogP contribution in [-0.4, -0.2) is 44.5 Å².